The lowest BCUT2D eigenvalue weighted by Gasteiger charge is -2.29. The lowest BCUT2D eigenvalue weighted by atomic mass is 10.0. The molecule has 0 N–H and O–H groups in total. The molecule has 0 aromatic carbocycles. The summed E-state index contributed by atoms with van der Waals surface area (Å²) in [5.74, 6) is 2.51. The molecule has 0 aromatic rings. The Morgan fingerprint density at radius 2 is 0.721 bits per heavy atom. The normalized spacial score (nSPS) is 20.7. The van der Waals surface area contributed by atoms with Crippen molar-refractivity contribution >= 4 is 0 Å². The molecule has 4 heterocycles. The molecule has 4 saturated heterocycles. The van der Waals surface area contributed by atoms with Gasteiger partial charge in [0, 0.05) is 12.1 Å². The summed E-state index contributed by atoms with van der Waals surface area (Å²) in [6, 6.07) is 1.63. The average Bonchev–Trinajstić information content (AvgIpc) is 3.63. The van der Waals surface area contributed by atoms with Gasteiger partial charge in [-0.2, -0.15) is 0 Å². The van der Waals surface area contributed by atoms with Gasteiger partial charge in [0.1, 0.15) is 0 Å². The Labute approximate surface area is 277 Å². The zero-order valence-corrected chi connectivity index (χ0v) is 33.7. The first kappa shape index (κ1) is 49.7. The summed E-state index contributed by atoms with van der Waals surface area (Å²) in [6.07, 6.45) is 14.2. The van der Waals surface area contributed by atoms with Crippen LogP contribution in [0, 0.1) is 17.8 Å². The van der Waals surface area contributed by atoms with Gasteiger partial charge in [-0.1, -0.05) is 95.9 Å². The maximum absolute atomic E-state index is 2.56. The summed E-state index contributed by atoms with van der Waals surface area (Å²) >= 11 is 0. The molecule has 0 aromatic heterocycles. The Morgan fingerprint density at radius 3 is 0.860 bits per heavy atom. The van der Waals surface area contributed by atoms with Crippen molar-refractivity contribution in [3.05, 3.63) is 0 Å². The standard InChI is InChI=1S/2C8H17N.C6H13N.C5H11N.2C4H10.2C2H6/c1-7(2)8-5-4-6-9(8)3;1-8(2)9-6-4-3-5-7-9;1-7-5-3-2-4-6-7;1-6-4-2-3-5-6;2*1-4(2)3;2*1-2/h7-8H,4-6H2,1-3H3;8H,3-7H2,1-2H3;2-6H2,1H3;2-5H2,1H3;2*4H,1-3H3;2*1-2H3. The fourth-order valence-electron chi connectivity index (χ4n) is 5.14. The summed E-state index contributed by atoms with van der Waals surface area (Å²) in [5, 5.41) is 0. The van der Waals surface area contributed by atoms with E-state index in [4.69, 9.17) is 0 Å². The Bertz CT molecular complexity index is 462. The topological polar surface area (TPSA) is 13.0 Å². The summed E-state index contributed by atoms with van der Waals surface area (Å²) in [5.41, 5.74) is 0. The van der Waals surface area contributed by atoms with Crippen LogP contribution in [0.1, 0.15) is 161 Å². The van der Waals surface area contributed by atoms with Crippen LogP contribution in [0.5, 0.6) is 0 Å². The predicted molar refractivity (Wildman–Crippen MR) is 203 cm³/mol. The van der Waals surface area contributed by atoms with Gasteiger partial charge in [0.15, 0.2) is 0 Å². The van der Waals surface area contributed by atoms with Crippen LogP contribution >= 0.6 is 0 Å². The van der Waals surface area contributed by atoms with Gasteiger partial charge in [0.05, 0.1) is 0 Å². The molecule has 43 heavy (non-hydrogen) atoms. The summed E-state index contributed by atoms with van der Waals surface area (Å²) in [6.45, 7) is 39.4. The van der Waals surface area contributed by atoms with Gasteiger partial charge in [-0.3, -0.25) is 0 Å². The monoisotopic (exact) mass is 615 g/mol. The first-order valence-electron chi connectivity index (χ1n) is 19.1. The van der Waals surface area contributed by atoms with Crippen LogP contribution in [-0.4, -0.2) is 98.6 Å². The molecule has 0 spiro atoms. The van der Waals surface area contributed by atoms with Crippen LogP contribution < -0.4 is 0 Å². The second-order valence-corrected chi connectivity index (χ2v) is 14.5. The van der Waals surface area contributed by atoms with Crippen LogP contribution in [-0.2, 0) is 0 Å². The van der Waals surface area contributed by atoms with Gasteiger partial charge in [0.2, 0.25) is 0 Å². The van der Waals surface area contributed by atoms with Gasteiger partial charge >= 0.3 is 0 Å². The van der Waals surface area contributed by atoms with E-state index in [1.165, 1.54) is 110 Å². The third kappa shape index (κ3) is 39.8. The summed E-state index contributed by atoms with van der Waals surface area (Å²) in [7, 11) is 6.60. The molecule has 4 aliphatic rings. The van der Waals surface area contributed by atoms with E-state index in [2.05, 4.69) is 110 Å². The van der Waals surface area contributed by atoms with Gasteiger partial charge in [-0.05, 0) is 150 Å². The van der Waals surface area contributed by atoms with E-state index >= 15 is 0 Å². The number of nitrogens with zero attached hydrogens (tertiary/aromatic N) is 4. The van der Waals surface area contributed by atoms with Gasteiger partial charge in [-0.25, -0.2) is 0 Å². The highest BCUT2D eigenvalue weighted by molar-refractivity contribution is 4.78. The van der Waals surface area contributed by atoms with Crippen LogP contribution in [0.2, 0.25) is 0 Å². The number of rotatable bonds is 2. The largest absolute Gasteiger partial charge is 0.306 e. The molecule has 0 saturated carbocycles. The Kier molecular flexibility index (Phi) is 42.0. The molecule has 1 atom stereocenters. The molecule has 1 unspecified atom stereocenters. The van der Waals surface area contributed by atoms with E-state index in [-0.39, 0.29) is 0 Å². The van der Waals surface area contributed by atoms with E-state index in [9.17, 15) is 0 Å². The third-order valence-corrected chi connectivity index (χ3v) is 7.38. The molecule has 266 valence electrons. The van der Waals surface area contributed by atoms with Crippen LogP contribution in [0.15, 0.2) is 0 Å². The van der Waals surface area contributed by atoms with E-state index in [0.29, 0.717) is 0 Å². The van der Waals surface area contributed by atoms with E-state index < -0.39 is 0 Å². The van der Waals surface area contributed by atoms with Crippen molar-refractivity contribution in [2.45, 2.75) is 173 Å². The number of hydrogen-bond donors (Lipinski definition) is 0. The maximum atomic E-state index is 2.56. The predicted octanol–water partition coefficient (Wildman–Crippen LogP) is 10.8. The maximum Gasteiger partial charge on any atom is 0.0116 e. The van der Waals surface area contributed by atoms with Crippen LogP contribution in [0.3, 0.4) is 0 Å². The second-order valence-electron chi connectivity index (χ2n) is 14.5. The van der Waals surface area contributed by atoms with Crippen molar-refractivity contribution < 1.29 is 0 Å². The zero-order chi connectivity index (χ0) is 34.2. The molecule has 0 bridgehead atoms. The average molecular weight is 615 g/mol. The minimum Gasteiger partial charge on any atom is -0.306 e. The zero-order valence-electron chi connectivity index (χ0n) is 33.7. The van der Waals surface area contributed by atoms with Crippen LogP contribution in [0.4, 0.5) is 0 Å². The highest BCUT2D eigenvalue weighted by Gasteiger charge is 2.22. The molecule has 0 radical (unpaired) electrons. The Morgan fingerprint density at radius 1 is 0.419 bits per heavy atom. The minimum atomic E-state index is 0.769. The van der Waals surface area contributed by atoms with Crippen molar-refractivity contribution in [3.63, 3.8) is 0 Å². The van der Waals surface area contributed by atoms with E-state index in [1.807, 2.05) is 27.7 Å². The third-order valence-electron chi connectivity index (χ3n) is 7.38. The molecule has 0 aliphatic carbocycles. The lowest BCUT2D eigenvalue weighted by molar-refractivity contribution is 0.185. The first-order valence-corrected chi connectivity index (χ1v) is 19.1. The molecule has 4 fully saturated rings. The van der Waals surface area contributed by atoms with Crippen molar-refractivity contribution in [3.8, 4) is 0 Å². The lowest BCUT2D eigenvalue weighted by Crippen LogP contribution is -2.35. The molecule has 4 nitrogen and oxygen atoms in total. The molecule has 4 heteroatoms. The van der Waals surface area contributed by atoms with Crippen LogP contribution in [0.25, 0.3) is 0 Å². The van der Waals surface area contributed by atoms with Crippen molar-refractivity contribution in [2.24, 2.45) is 17.8 Å². The van der Waals surface area contributed by atoms with Gasteiger partial charge in [0.25, 0.3) is 0 Å². The number of likely N-dealkylation sites (tertiary alicyclic amines) is 4. The van der Waals surface area contributed by atoms with E-state index in [0.717, 1.165) is 29.8 Å². The summed E-state index contributed by atoms with van der Waals surface area (Å²) in [4.78, 5) is 9.79. The quantitative estimate of drug-likeness (QED) is 0.307. The van der Waals surface area contributed by atoms with Crippen molar-refractivity contribution in [2.75, 3.05) is 67.0 Å². The molecular formula is C39H90N4. The van der Waals surface area contributed by atoms with Crippen molar-refractivity contribution in [1.29, 1.82) is 0 Å². The Hall–Kier alpha value is -0.160. The molecular weight excluding hydrogens is 524 g/mol. The fourth-order valence-corrected chi connectivity index (χ4v) is 5.14. The number of hydrogen-bond acceptors (Lipinski definition) is 4. The Balaban J connectivity index is -0.000000212. The minimum absolute atomic E-state index is 0.769. The fraction of sp³-hybridized carbons (Fsp3) is 1.00. The smallest absolute Gasteiger partial charge is 0.0116 e. The van der Waals surface area contributed by atoms with E-state index in [1.54, 1.807) is 0 Å². The SMILES string of the molecule is CC.CC.CC(C)C.CC(C)C.CC(C)C1CCCN1C.CC(C)N1CCCCC1.CN1CCCC1.CN1CCCCC1. The molecule has 4 aliphatic heterocycles. The highest BCUT2D eigenvalue weighted by Crippen LogP contribution is 2.21. The second kappa shape index (κ2) is 36.3. The molecule has 0 amide bonds. The highest BCUT2D eigenvalue weighted by atomic mass is 15.2. The number of piperidine rings is 2. The van der Waals surface area contributed by atoms with Gasteiger partial charge in [-0.15, -0.1) is 0 Å². The van der Waals surface area contributed by atoms with Crippen molar-refractivity contribution in [1.82, 2.24) is 19.6 Å². The molecule has 4 rings (SSSR count). The van der Waals surface area contributed by atoms with Gasteiger partial charge < -0.3 is 19.6 Å². The first-order chi connectivity index (χ1) is 20.3. The summed E-state index contributed by atoms with van der Waals surface area (Å²) < 4.78 is 0.